The summed E-state index contributed by atoms with van der Waals surface area (Å²) in [5.41, 5.74) is 2.56. The molecule has 14 heavy (non-hydrogen) atoms. The van der Waals surface area contributed by atoms with Gasteiger partial charge in [0.2, 0.25) is 0 Å². The Kier molecular flexibility index (Phi) is 2.08. The van der Waals surface area contributed by atoms with Crippen molar-refractivity contribution >= 4 is 10.9 Å². The van der Waals surface area contributed by atoms with E-state index in [1.54, 1.807) is 0 Å². The summed E-state index contributed by atoms with van der Waals surface area (Å²) in [7, 11) is 0. The molecule has 0 saturated heterocycles. The normalized spacial score (nSPS) is 10.7. The van der Waals surface area contributed by atoms with Gasteiger partial charge in [-0.15, -0.1) is 0 Å². The lowest BCUT2D eigenvalue weighted by Crippen LogP contribution is -2.13. The number of nitrogens with zero attached hydrogens (tertiary/aromatic N) is 1. The molecule has 0 aliphatic rings. The molecule has 1 heterocycles. The fourth-order valence-electron chi connectivity index (χ4n) is 1.66. The zero-order valence-electron chi connectivity index (χ0n) is 8.29. The number of hydrogen-bond donors (Lipinski definition) is 1. The molecule has 3 heteroatoms. The fraction of sp³-hybridized carbons (Fsp3) is 0.273. The highest BCUT2D eigenvalue weighted by Gasteiger charge is 2.04. The molecule has 72 valence electrons. The van der Waals surface area contributed by atoms with Crippen LogP contribution in [0.3, 0.4) is 0 Å². The largest absolute Gasteiger partial charge is 0.345 e. The lowest BCUT2D eigenvalue weighted by Gasteiger charge is -2.04. The lowest BCUT2D eigenvalue weighted by molar-refractivity contribution is 0.988. The standard InChI is InChI=1S/C11H12N2O/c1-3-9-8-6-4-5-7(2)10(8)13-11(14)12-9/h4-6H,3H2,1-2H3,(H,12,13,14). The zero-order chi connectivity index (χ0) is 10.1. The Morgan fingerprint density at radius 3 is 2.93 bits per heavy atom. The number of H-pyrrole nitrogens is 1. The number of aromatic amines is 1. The first-order chi connectivity index (χ1) is 6.72. The van der Waals surface area contributed by atoms with Gasteiger partial charge in [-0.2, -0.15) is 4.98 Å². The van der Waals surface area contributed by atoms with Crippen molar-refractivity contribution in [2.24, 2.45) is 0 Å². The van der Waals surface area contributed by atoms with Crippen molar-refractivity contribution in [1.82, 2.24) is 9.97 Å². The van der Waals surface area contributed by atoms with Gasteiger partial charge < -0.3 is 4.98 Å². The minimum Gasteiger partial charge on any atom is -0.309 e. The van der Waals surface area contributed by atoms with Crippen molar-refractivity contribution in [2.75, 3.05) is 0 Å². The van der Waals surface area contributed by atoms with Gasteiger partial charge in [0.25, 0.3) is 0 Å². The van der Waals surface area contributed by atoms with Crippen LogP contribution in [-0.2, 0) is 6.42 Å². The number of benzene rings is 1. The molecule has 0 aliphatic heterocycles. The van der Waals surface area contributed by atoms with Crippen molar-refractivity contribution in [1.29, 1.82) is 0 Å². The van der Waals surface area contributed by atoms with E-state index in [-0.39, 0.29) is 5.69 Å². The highest BCUT2D eigenvalue weighted by molar-refractivity contribution is 5.83. The Morgan fingerprint density at radius 1 is 1.43 bits per heavy atom. The molecule has 1 N–H and O–H groups in total. The van der Waals surface area contributed by atoms with E-state index in [1.807, 2.05) is 32.0 Å². The molecular formula is C11H12N2O. The summed E-state index contributed by atoms with van der Waals surface area (Å²) in [5, 5.41) is 1.05. The molecule has 0 atom stereocenters. The summed E-state index contributed by atoms with van der Waals surface area (Å²) in [6, 6.07) is 5.94. The topological polar surface area (TPSA) is 45.8 Å². The number of para-hydroxylation sites is 1. The predicted molar refractivity (Wildman–Crippen MR) is 56.5 cm³/mol. The summed E-state index contributed by atoms with van der Waals surface area (Å²) in [5.74, 6) is 0. The predicted octanol–water partition coefficient (Wildman–Crippen LogP) is 1.79. The maximum absolute atomic E-state index is 11.2. The Hall–Kier alpha value is -1.64. The van der Waals surface area contributed by atoms with E-state index < -0.39 is 0 Å². The van der Waals surface area contributed by atoms with Crippen LogP contribution in [0.5, 0.6) is 0 Å². The van der Waals surface area contributed by atoms with Crippen molar-refractivity contribution in [3.8, 4) is 0 Å². The van der Waals surface area contributed by atoms with E-state index in [0.717, 1.165) is 28.6 Å². The van der Waals surface area contributed by atoms with Crippen LogP contribution >= 0.6 is 0 Å². The van der Waals surface area contributed by atoms with Crippen molar-refractivity contribution in [3.63, 3.8) is 0 Å². The lowest BCUT2D eigenvalue weighted by atomic mass is 10.1. The van der Waals surface area contributed by atoms with Gasteiger partial charge in [0.15, 0.2) is 0 Å². The van der Waals surface area contributed by atoms with E-state index in [1.165, 1.54) is 0 Å². The summed E-state index contributed by atoms with van der Waals surface area (Å²) in [6.07, 6.45) is 0.817. The third-order valence-corrected chi connectivity index (χ3v) is 2.39. The molecule has 0 fully saturated rings. The molecule has 0 saturated carbocycles. The third-order valence-electron chi connectivity index (χ3n) is 2.39. The van der Waals surface area contributed by atoms with Gasteiger partial charge in [0.1, 0.15) is 0 Å². The molecule has 3 nitrogen and oxygen atoms in total. The van der Waals surface area contributed by atoms with Crippen LogP contribution in [0.4, 0.5) is 0 Å². The van der Waals surface area contributed by atoms with Crippen LogP contribution in [0, 0.1) is 6.92 Å². The summed E-state index contributed by atoms with van der Waals surface area (Å²) < 4.78 is 0. The molecule has 1 aromatic heterocycles. The Balaban J connectivity index is 2.94. The quantitative estimate of drug-likeness (QED) is 0.741. The van der Waals surface area contributed by atoms with E-state index >= 15 is 0 Å². The van der Waals surface area contributed by atoms with Gasteiger partial charge in [0.05, 0.1) is 5.52 Å². The molecule has 0 spiro atoms. The first kappa shape index (κ1) is 8.94. The van der Waals surface area contributed by atoms with Crippen LogP contribution in [0.15, 0.2) is 23.0 Å². The average molecular weight is 188 g/mol. The van der Waals surface area contributed by atoms with Gasteiger partial charge in [-0.05, 0) is 18.9 Å². The molecule has 2 rings (SSSR count). The molecule has 0 amide bonds. The molecule has 0 unspecified atom stereocenters. The highest BCUT2D eigenvalue weighted by Crippen LogP contribution is 2.16. The minimum absolute atomic E-state index is 0.261. The van der Waals surface area contributed by atoms with Crippen LogP contribution in [0.25, 0.3) is 10.9 Å². The second kappa shape index (κ2) is 3.25. The maximum atomic E-state index is 11.2. The maximum Gasteiger partial charge on any atom is 0.345 e. The van der Waals surface area contributed by atoms with Crippen LogP contribution in [-0.4, -0.2) is 9.97 Å². The van der Waals surface area contributed by atoms with E-state index in [9.17, 15) is 4.79 Å². The van der Waals surface area contributed by atoms with Gasteiger partial charge in [-0.3, -0.25) is 0 Å². The molecule has 0 bridgehead atoms. The van der Waals surface area contributed by atoms with Crippen LogP contribution < -0.4 is 5.69 Å². The smallest absolute Gasteiger partial charge is 0.309 e. The number of fused-ring (bicyclic) bond motifs is 1. The molecule has 0 aliphatic carbocycles. The highest BCUT2D eigenvalue weighted by atomic mass is 16.1. The zero-order valence-corrected chi connectivity index (χ0v) is 8.29. The third kappa shape index (κ3) is 1.31. The van der Waals surface area contributed by atoms with Gasteiger partial charge in [-0.1, -0.05) is 25.1 Å². The summed E-state index contributed by atoms with van der Waals surface area (Å²) in [6.45, 7) is 3.99. The van der Waals surface area contributed by atoms with Gasteiger partial charge in [0, 0.05) is 11.1 Å². The Labute approximate surface area is 81.8 Å². The average Bonchev–Trinajstić information content (AvgIpc) is 2.18. The molecular weight excluding hydrogens is 176 g/mol. The summed E-state index contributed by atoms with van der Waals surface area (Å²) >= 11 is 0. The molecule has 0 radical (unpaired) electrons. The number of rotatable bonds is 1. The first-order valence-electron chi connectivity index (χ1n) is 4.71. The molecule has 2 aromatic rings. The monoisotopic (exact) mass is 188 g/mol. The number of nitrogens with one attached hydrogen (secondary N) is 1. The Bertz CT molecular complexity index is 528. The molecule has 1 aromatic carbocycles. The van der Waals surface area contributed by atoms with E-state index in [0.29, 0.717) is 0 Å². The second-order valence-electron chi connectivity index (χ2n) is 3.35. The van der Waals surface area contributed by atoms with E-state index in [4.69, 9.17) is 0 Å². The fourth-order valence-corrected chi connectivity index (χ4v) is 1.66. The Morgan fingerprint density at radius 2 is 2.21 bits per heavy atom. The van der Waals surface area contributed by atoms with Crippen LogP contribution in [0.1, 0.15) is 18.2 Å². The van der Waals surface area contributed by atoms with Crippen molar-refractivity contribution < 1.29 is 0 Å². The van der Waals surface area contributed by atoms with Crippen molar-refractivity contribution in [3.05, 3.63) is 39.9 Å². The number of hydrogen-bond acceptors (Lipinski definition) is 2. The van der Waals surface area contributed by atoms with E-state index in [2.05, 4.69) is 9.97 Å². The second-order valence-corrected chi connectivity index (χ2v) is 3.35. The number of aryl methyl sites for hydroxylation is 2. The SMILES string of the molecule is CCc1[nH]c(=O)nc2c(C)cccc12. The minimum atomic E-state index is -0.261. The van der Waals surface area contributed by atoms with Gasteiger partial charge >= 0.3 is 5.69 Å². The van der Waals surface area contributed by atoms with Crippen LogP contribution in [0.2, 0.25) is 0 Å². The number of aromatic nitrogens is 2. The van der Waals surface area contributed by atoms with Crippen molar-refractivity contribution in [2.45, 2.75) is 20.3 Å². The first-order valence-corrected chi connectivity index (χ1v) is 4.71. The van der Waals surface area contributed by atoms with Gasteiger partial charge in [-0.25, -0.2) is 4.79 Å². The summed E-state index contributed by atoms with van der Waals surface area (Å²) in [4.78, 5) is 18.0.